The monoisotopic (exact) mass is 273 g/mol. The number of carboxylic acid groups (broad SMARTS) is 1. The zero-order chi connectivity index (χ0) is 11.2. The van der Waals surface area contributed by atoms with Gasteiger partial charge in [-0.3, -0.25) is 9.58 Å². The van der Waals surface area contributed by atoms with Crippen molar-refractivity contribution in [2.45, 2.75) is 25.9 Å². The van der Waals surface area contributed by atoms with Crippen molar-refractivity contribution in [2.24, 2.45) is 0 Å². The molecule has 0 radical (unpaired) electrons. The van der Waals surface area contributed by atoms with Crippen LogP contribution in [0.15, 0.2) is 10.7 Å². The number of fused-ring (bicyclic) bond motifs is 1. The molecule has 0 aliphatic carbocycles. The third-order valence-corrected chi connectivity index (χ3v) is 3.14. The Bertz CT molecular complexity index is 404. The van der Waals surface area contributed by atoms with Crippen molar-refractivity contribution >= 4 is 22.0 Å². The van der Waals surface area contributed by atoms with Gasteiger partial charge < -0.3 is 5.11 Å². The van der Waals surface area contributed by atoms with Crippen LogP contribution in [0.4, 0.5) is 4.79 Å². The summed E-state index contributed by atoms with van der Waals surface area (Å²) in [5.74, 6) is 0. The molecule has 0 bridgehead atoms. The molecular weight excluding hydrogens is 262 g/mol. The minimum absolute atomic E-state index is 0.0820. The quantitative estimate of drug-likeness (QED) is 0.789. The Morgan fingerprint density at radius 2 is 2.33 bits per heavy atom. The number of carbonyl (C=O) groups is 1. The van der Waals surface area contributed by atoms with E-state index in [9.17, 15) is 4.79 Å². The summed E-state index contributed by atoms with van der Waals surface area (Å²) in [5.41, 5.74) is 0.933. The van der Waals surface area contributed by atoms with Crippen molar-refractivity contribution in [3.8, 4) is 0 Å². The molecular formula is C9H12BrN3O2. The zero-order valence-corrected chi connectivity index (χ0v) is 10.1. The summed E-state index contributed by atoms with van der Waals surface area (Å²) in [4.78, 5) is 12.5. The molecule has 0 saturated heterocycles. The third-order valence-electron chi connectivity index (χ3n) is 2.75. The molecule has 1 N–H and O–H groups in total. The van der Waals surface area contributed by atoms with Gasteiger partial charge in [0.1, 0.15) is 4.60 Å². The molecule has 1 aromatic heterocycles. The van der Waals surface area contributed by atoms with E-state index in [1.807, 2.05) is 24.6 Å². The van der Waals surface area contributed by atoms with E-state index in [-0.39, 0.29) is 12.1 Å². The van der Waals surface area contributed by atoms with E-state index < -0.39 is 6.09 Å². The number of nitrogens with zero attached hydrogens (tertiary/aromatic N) is 3. The van der Waals surface area contributed by atoms with Crippen LogP contribution < -0.4 is 0 Å². The highest BCUT2D eigenvalue weighted by atomic mass is 79.9. The van der Waals surface area contributed by atoms with Gasteiger partial charge in [0.05, 0.1) is 17.8 Å². The number of rotatable bonds is 0. The van der Waals surface area contributed by atoms with Gasteiger partial charge in [0.2, 0.25) is 0 Å². The highest BCUT2D eigenvalue weighted by Gasteiger charge is 2.32. The van der Waals surface area contributed by atoms with E-state index in [1.54, 1.807) is 0 Å². The molecule has 2 heterocycles. The van der Waals surface area contributed by atoms with Crippen molar-refractivity contribution in [2.75, 3.05) is 6.54 Å². The summed E-state index contributed by atoms with van der Waals surface area (Å²) in [6, 6.07) is 1.81. The van der Waals surface area contributed by atoms with Gasteiger partial charge >= 0.3 is 6.09 Å². The number of halogens is 1. The fourth-order valence-electron chi connectivity index (χ4n) is 1.97. The first-order valence-electron chi connectivity index (χ1n) is 4.75. The number of aromatic nitrogens is 2. The molecule has 0 saturated carbocycles. The Labute approximate surface area is 95.8 Å². The molecule has 5 nitrogen and oxygen atoms in total. The number of hydrogen-bond donors (Lipinski definition) is 1. The van der Waals surface area contributed by atoms with Crippen molar-refractivity contribution in [1.82, 2.24) is 14.7 Å². The van der Waals surface area contributed by atoms with Crippen molar-refractivity contribution in [1.29, 1.82) is 0 Å². The SMILES string of the molecule is C[C@H]1c2cc(Br)nn2[C@@H](C)CN1C(=O)O. The van der Waals surface area contributed by atoms with Gasteiger partial charge in [0.15, 0.2) is 0 Å². The molecule has 1 aromatic rings. The summed E-state index contributed by atoms with van der Waals surface area (Å²) in [6.07, 6.45) is -0.877. The van der Waals surface area contributed by atoms with Crippen LogP contribution in [0.5, 0.6) is 0 Å². The first-order chi connectivity index (χ1) is 7.00. The summed E-state index contributed by atoms with van der Waals surface area (Å²) in [5, 5.41) is 13.3. The molecule has 15 heavy (non-hydrogen) atoms. The molecule has 0 fully saturated rings. The van der Waals surface area contributed by atoms with Crippen molar-refractivity contribution in [3.63, 3.8) is 0 Å². The normalized spacial score (nSPS) is 25.1. The lowest BCUT2D eigenvalue weighted by molar-refractivity contribution is 0.102. The third kappa shape index (κ3) is 1.62. The maximum atomic E-state index is 11.0. The average molecular weight is 274 g/mol. The van der Waals surface area contributed by atoms with Gasteiger partial charge in [-0.25, -0.2) is 4.79 Å². The van der Waals surface area contributed by atoms with Crippen LogP contribution in [-0.2, 0) is 0 Å². The predicted molar refractivity (Wildman–Crippen MR) is 57.8 cm³/mol. The first kappa shape index (κ1) is 10.5. The van der Waals surface area contributed by atoms with Crippen LogP contribution in [0.25, 0.3) is 0 Å². The Morgan fingerprint density at radius 3 is 2.93 bits per heavy atom. The van der Waals surface area contributed by atoms with E-state index in [0.717, 1.165) is 10.3 Å². The van der Waals surface area contributed by atoms with E-state index in [4.69, 9.17) is 5.11 Å². The van der Waals surface area contributed by atoms with Crippen LogP contribution in [0.3, 0.4) is 0 Å². The van der Waals surface area contributed by atoms with Crippen molar-refractivity contribution < 1.29 is 9.90 Å². The topological polar surface area (TPSA) is 58.4 Å². The summed E-state index contributed by atoms with van der Waals surface area (Å²) >= 11 is 3.31. The van der Waals surface area contributed by atoms with Crippen LogP contribution in [-0.4, -0.2) is 32.4 Å². The molecule has 2 atom stereocenters. The first-order valence-corrected chi connectivity index (χ1v) is 5.54. The predicted octanol–water partition coefficient (Wildman–Crippen LogP) is 2.26. The Morgan fingerprint density at radius 1 is 1.67 bits per heavy atom. The van der Waals surface area contributed by atoms with Gasteiger partial charge in [0, 0.05) is 6.54 Å². The molecule has 0 spiro atoms. The van der Waals surface area contributed by atoms with Gasteiger partial charge in [-0.1, -0.05) is 0 Å². The smallest absolute Gasteiger partial charge is 0.407 e. The van der Waals surface area contributed by atoms with Gasteiger partial charge in [-0.15, -0.1) is 0 Å². The lowest BCUT2D eigenvalue weighted by atomic mass is 10.1. The number of hydrogen-bond acceptors (Lipinski definition) is 2. The molecule has 1 aliphatic heterocycles. The fourth-order valence-corrected chi connectivity index (χ4v) is 2.37. The minimum Gasteiger partial charge on any atom is -0.465 e. The van der Waals surface area contributed by atoms with Gasteiger partial charge in [-0.2, -0.15) is 5.10 Å². The van der Waals surface area contributed by atoms with Crippen LogP contribution in [0, 0.1) is 0 Å². The number of amides is 1. The lowest BCUT2D eigenvalue weighted by Gasteiger charge is -2.35. The molecule has 1 aliphatic rings. The van der Waals surface area contributed by atoms with Crippen LogP contribution in [0.1, 0.15) is 31.6 Å². The molecule has 82 valence electrons. The second kappa shape index (κ2) is 3.52. The molecule has 0 aromatic carbocycles. The van der Waals surface area contributed by atoms with E-state index in [1.165, 1.54) is 4.90 Å². The highest BCUT2D eigenvalue weighted by Crippen LogP contribution is 2.31. The van der Waals surface area contributed by atoms with E-state index in [0.29, 0.717) is 6.54 Å². The summed E-state index contributed by atoms with van der Waals surface area (Å²) in [6.45, 7) is 4.32. The highest BCUT2D eigenvalue weighted by molar-refractivity contribution is 9.10. The maximum absolute atomic E-state index is 11.0. The Hall–Kier alpha value is -1.04. The second-order valence-electron chi connectivity index (χ2n) is 3.80. The second-order valence-corrected chi connectivity index (χ2v) is 4.61. The van der Waals surface area contributed by atoms with Gasteiger partial charge in [0.25, 0.3) is 0 Å². The zero-order valence-electron chi connectivity index (χ0n) is 8.51. The Balaban J connectivity index is 2.43. The van der Waals surface area contributed by atoms with Crippen LogP contribution >= 0.6 is 15.9 Å². The van der Waals surface area contributed by atoms with E-state index in [2.05, 4.69) is 21.0 Å². The standard InChI is InChI=1S/C9H12BrN3O2/c1-5-4-12(9(14)15)6(2)7-3-8(10)11-13(5)7/h3,5-6H,4H2,1-2H3,(H,14,15)/t5-,6-/m0/s1. The lowest BCUT2D eigenvalue weighted by Crippen LogP contribution is -2.42. The molecule has 6 heteroatoms. The molecule has 1 amide bonds. The average Bonchev–Trinajstić information content (AvgIpc) is 2.53. The minimum atomic E-state index is -0.877. The van der Waals surface area contributed by atoms with Crippen molar-refractivity contribution in [3.05, 3.63) is 16.4 Å². The molecule has 0 unspecified atom stereocenters. The van der Waals surface area contributed by atoms with Gasteiger partial charge in [-0.05, 0) is 35.8 Å². The summed E-state index contributed by atoms with van der Waals surface area (Å²) in [7, 11) is 0. The fraction of sp³-hybridized carbons (Fsp3) is 0.556. The maximum Gasteiger partial charge on any atom is 0.407 e. The van der Waals surface area contributed by atoms with Crippen LogP contribution in [0.2, 0.25) is 0 Å². The summed E-state index contributed by atoms with van der Waals surface area (Å²) < 4.78 is 2.64. The Kier molecular flexibility index (Phi) is 2.46. The largest absolute Gasteiger partial charge is 0.465 e. The molecule has 2 rings (SSSR count). The van der Waals surface area contributed by atoms with E-state index >= 15 is 0 Å².